The molecular formula is C17H17N3OS2. The van der Waals surface area contributed by atoms with Crippen LogP contribution in [0, 0.1) is 6.92 Å². The minimum absolute atomic E-state index is 0.123. The number of anilines is 2. The Hall–Kier alpha value is -2.18. The summed E-state index contributed by atoms with van der Waals surface area (Å²) in [6, 6.07) is 9.90. The lowest BCUT2D eigenvalue weighted by molar-refractivity contribution is 0.103. The van der Waals surface area contributed by atoms with E-state index in [1.54, 1.807) is 17.5 Å². The molecule has 3 aromatic rings. The quantitative estimate of drug-likeness (QED) is 0.759. The van der Waals surface area contributed by atoms with Crippen molar-refractivity contribution in [3.8, 4) is 9.88 Å². The normalized spacial score (nSPS) is 10.6. The number of carbonyl (C=O) groups is 1. The van der Waals surface area contributed by atoms with Gasteiger partial charge in [-0.15, -0.1) is 22.7 Å². The van der Waals surface area contributed by atoms with Crippen LogP contribution in [0.5, 0.6) is 0 Å². The second kappa shape index (κ2) is 6.52. The fourth-order valence-electron chi connectivity index (χ4n) is 2.32. The molecule has 1 aromatic carbocycles. The van der Waals surface area contributed by atoms with E-state index in [1.165, 1.54) is 11.3 Å². The van der Waals surface area contributed by atoms with E-state index in [4.69, 9.17) is 0 Å². The second-order valence-corrected chi connectivity index (χ2v) is 7.34. The topological polar surface area (TPSA) is 45.2 Å². The van der Waals surface area contributed by atoms with Crippen molar-refractivity contribution in [1.29, 1.82) is 0 Å². The molecule has 0 bridgehead atoms. The molecule has 0 aliphatic heterocycles. The van der Waals surface area contributed by atoms with E-state index < -0.39 is 0 Å². The average Bonchev–Trinajstić information content (AvgIpc) is 3.18. The monoisotopic (exact) mass is 343 g/mol. The second-order valence-electron chi connectivity index (χ2n) is 5.36. The Morgan fingerprint density at radius 2 is 2.09 bits per heavy atom. The molecule has 2 heterocycles. The highest BCUT2D eigenvalue weighted by atomic mass is 32.1. The first kappa shape index (κ1) is 15.7. The van der Waals surface area contributed by atoms with Crippen LogP contribution in [0.15, 0.2) is 41.9 Å². The van der Waals surface area contributed by atoms with Crippen LogP contribution in [0.4, 0.5) is 11.4 Å². The standard InChI is InChI=1S/C17H17N3OS2/c1-11-9-12(6-7-13(11)20(2)3)19-16(21)15-10-18-17(23-15)14-5-4-8-22-14/h4-10H,1-3H3,(H,19,21). The van der Waals surface area contributed by atoms with Gasteiger partial charge < -0.3 is 10.2 Å². The summed E-state index contributed by atoms with van der Waals surface area (Å²) in [6.07, 6.45) is 1.64. The van der Waals surface area contributed by atoms with E-state index in [0.29, 0.717) is 4.88 Å². The molecule has 0 aliphatic carbocycles. The van der Waals surface area contributed by atoms with Crippen molar-refractivity contribution in [1.82, 2.24) is 4.98 Å². The van der Waals surface area contributed by atoms with Gasteiger partial charge in [0.1, 0.15) is 9.88 Å². The van der Waals surface area contributed by atoms with Gasteiger partial charge in [0, 0.05) is 25.5 Å². The van der Waals surface area contributed by atoms with Gasteiger partial charge in [-0.25, -0.2) is 4.98 Å². The smallest absolute Gasteiger partial charge is 0.267 e. The third-order valence-electron chi connectivity index (χ3n) is 3.40. The summed E-state index contributed by atoms with van der Waals surface area (Å²) < 4.78 is 0. The van der Waals surface area contributed by atoms with Gasteiger partial charge in [-0.3, -0.25) is 4.79 Å². The molecule has 118 valence electrons. The van der Waals surface area contributed by atoms with Crippen LogP contribution in [0.2, 0.25) is 0 Å². The van der Waals surface area contributed by atoms with Crippen LogP contribution in [0.3, 0.4) is 0 Å². The molecule has 2 aromatic heterocycles. The van der Waals surface area contributed by atoms with Crippen molar-refractivity contribution in [2.45, 2.75) is 6.92 Å². The van der Waals surface area contributed by atoms with Crippen molar-refractivity contribution in [2.75, 3.05) is 24.3 Å². The Labute approximate surface area is 143 Å². The van der Waals surface area contributed by atoms with Gasteiger partial charge in [-0.05, 0) is 42.1 Å². The number of aromatic nitrogens is 1. The lowest BCUT2D eigenvalue weighted by atomic mass is 10.1. The zero-order valence-electron chi connectivity index (χ0n) is 13.2. The molecule has 0 saturated heterocycles. The first-order valence-electron chi connectivity index (χ1n) is 7.13. The average molecular weight is 343 g/mol. The van der Waals surface area contributed by atoms with E-state index in [0.717, 1.165) is 26.8 Å². The van der Waals surface area contributed by atoms with Crippen molar-refractivity contribution >= 4 is 40.0 Å². The lowest BCUT2D eigenvalue weighted by Crippen LogP contribution is -2.12. The first-order chi connectivity index (χ1) is 11.0. The molecule has 0 atom stereocenters. The number of nitrogens with one attached hydrogen (secondary N) is 1. The van der Waals surface area contributed by atoms with Crippen LogP contribution in [0.25, 0.3) is 9.88 Å². The summed E-state index contributed by atoms with van der Waals surface area (Å²) in [5.41, 5.74) is 3.06. The number of rotatable bonds is 4. The summed E-state index contributed by atoms with van der Waals surface area (Å²) in [6.45, 7) is 2.03. The van der Waals surface area contributed by atoms with E-state index in [-0.39, 0.29) is 5.91 Å². The Bertz CT molecular complexity index is 822. The van der Waals surface area contributed by atoms with E-state index in [9.17, 15) is 4.79 Å². The van der Waals surface area contributed by atoms with Gasteiger partial charge in [-0.2, -0.15) is 0 Å². The maximum Gasteiger partial charge on any atom is 0.267 e. The zero-order chi connectivity index (χ0) is 16.4. The van der Waals surface area contributed by atoms with E-state index >= 15 is 0 Å². The molecular weight excluding hydrogens is 326 g/mol. The number of hydrogen-bond acceptors (Lipinski definition) is 5. The molecule has 4 nitrogen and oxygen atoms in total. The highest BCUT2D eigenvalue weighted by molar-refractivity contribution is 7.22. The molecule has 1 N–H and O–H groups in total. The number of amides is 1. The molecule has 0 spiro atoms. The zero-order valence-corrected chi connectivity index (χ0v) is 14.8. The Balaban J connectivity index is 1.76. The van der Waals surface area contributed by atoms with Crippen LogP contribution in [0.1, 0.15) is 15.2 Å². The van der Waals surface area contributed by atoms with E-state index in [1.807, 2.05) is 56.7 Å². The first-order valence-corrected chi connectivity index (χ1v) is 8.83. The maximum atomic E-state index is 12.4. The van der Waals surface area contributed by atoms with Crippen molar-refractivity contribution in [2.24, 2.45) is 0 Å². The largest absolute Gasteiger partial charge is 0.377 e. The number of aryl methyl sites for hydroxylation is 1. The highest BCUT2D eigenvalue weighted by Crippen LogP contribution is 2.29. The molecule has 0 aliphatic rings. The van der Waals surface area contributed by atoms with Gasteiger partial charge >= 0.3 is 0 Å². The number of carbonyl (C=O) groups excluding carboxylic acids is 1. The van der Waals surface area contributed by atoms with Gasteiger partial charge in [0.2, 0.25) is 0 Å². The number of nitrogens with zero attached hydrogens (tertiary/aromatic N) is 2. The van der Waals surface area contributed by atoms with Gasteiger partial charge in [-0.1, -0.05) is 6.07 Å². The van der Waals surface area contributed by atoms with Gasteiger partial charge in [0.05, 0.1) is 11.1 Å². The number of thiazole rings is 1. The Kier molecular flexibility index (Phi) is 4.45. The Morgan fingerprint density at radius 3 is 2.74 bits per heavy atom. The van der Waals surface area contributed by atoms with Crippen LogP contribution >= 0.6 is 22.7 Å². The third kappa shape index (κ3) is 3.43. The highest BCUT2D eigenvalue weighted by Gasteiger charge is 2.13. The van der Waals surface area contributed by atoms with Crippen LogP contribution < -0.4 is 10.2 Å². The number of hydrogen-bond donors (Lipinski definition) is 1. The molecule has 0 saturated carbocycles. The molecule has 0 fully saturated rings. The predicted molar refractivity (Wildman–Crippen MR) is 98.9 cm³/mol. The fourth-order valence-corrected chi connectivity index (χ4v) is 3.94. The maximum absolute atomic E-state index is 12.4. The molecule has 6 heteroatoms. The van der Waals surface area contributed by atoms with Crippen molar-refractivity contribution in [3.63, 3.8) is 0 Å². The summed E-state index contributed by atoms with van der Waals surface area (Å²) in [4.78, 5) is 20.5. The van der Waals surface area contributed by atoms with Crippen molar-refractivity contribution in [3.05, 3.63) is 52.3 Å². The predicted octanol–water partition coefficient (Wildman–Crippen LogP) is 4.50. The van der Waals surface area contributed by atoms with Crippen LogP contribution in [-0.2, 0) is 0 Å². The number of benzene rings is 1. The summed E-state index contributed by atoms with van der Waals surface area (Å²) in [7, 11) is 4.01. The molecule has 3 rings (SSSR count). The van der Waals surface area contributed by atoms with Gasteiger partial charge in [0.25, 0.3) is 5.91 Å². The summed E-state index contributed by atoms with van der Waals surface area (Å²) >= 11 is 3.03. The molecule has 0 unspecified atom stereocenters. The lowest BCUT2D eigenvalue weighted by Gasteiger charge is -2.16. The third-order valence-corrected chi connectivity index (χ3v) is 5.43. The SMILES string of the molecule is Cc1cc(NC(=O)c2cnc(-c3cccs3)s2)ccc1N(C)C. The van der Waals surface area contributed by atoms with Gasteiger partial charge in [0.15, 0.2) is 0 Å². The Morgan fingerprint density at radius 1 is 1.26 bits per heavy atom. The summed E-state index contributed by atoms with van der Waals surface area (Å²) in [5, 5.41) is 5.82. The molecule has 23 heavy (non-hydrogen) atoms. The minimum atomic E-state index is -0.123. The fraction of sp³-hybridized carbons (Fsp3) is 0.176. The van der Waals surface area contributed by atoms with Crippen LogP contribution in [-0.4, -0.2) is 25.0 Å². The molecule has 1 amide bonds. The summed E-state index contributed by atoms with van der Waals surface area (Å²) in [5.74, 6) is -0.123. The number of thiophene rings is 1. The van der Waals surface area contributed by atoms with Crippen molar-refractivity contribution < 1.29 is 4.79 Å². The molecule has 0 radical (unpaired) electrons. The van der Waals surface area contributed by atoms with E-state index in [2.05, 4.69) is 15.2 Å². The minimum Gasteiger partial charge on any atom is -0.377 e.